The third-order valence-corrected chi connectivity index (χ3v) is 4.15. The zero-order chi connectivity index (χ0) is 17.3. The summed E-state index contributed by atoms with van der Waals surface area (Å²) in [4.78, 5) is 9.06. The normalized spacial score (nSPS) is 23.2. The molecule has 0 radical (unpaired) electrons. The molecule has 2 aromatic rings. The van der Waals surface area contributed by atoms with Gasteiger partial charge in [0.1, 0.15) is 6.10 Å². The predicted molar refractivity (Wildman–Crippen MR) is 89.9 cm³/mol. The van der Waals surface area contributed by atoms with E-state index in [-0.39, 0.29) is 12.2 Å². The minimum atomic E-state index is -0.710. The van der Waals surface area contributed by atoms with E-state index in [1.807, 2.05) is 19.9 Å². The minimum absolute atomic E-state index is 0.254. The fraction of sp³-hybridized carbons (Fsp3) is 0.529. The Morgan fingerprint density at radius 1 is 1.21 bits per heavy atom. The monoisotopic (exact) mass is 352 g/mol. The van der Waals surface area contributed by atoms with Crippen molar-refractivity contribution in [3.8, 4) is 0 Å². The predicted octanol–water partition coefficient (Wildman–Crippen LogP) is 2.96. The van der Waals surface area contributed by atoms with E-state index >= 15 is 0 Å². The molecule has 0 aliphatic carbocycles. The molecule has 0 saturated carbocycles. The zero-order valence-corrected chi connectivity index (χ0v) is 14.9. The highest BCUT2D eigenvalue weighted by Gasteiger charge is 2.45. The number of nitrogens with zero attached hydrogens (tertiary/aromatic N) is 2. The van der Waals surface area contributed by atoms with Crippen LogP contribution in [0.15, 0.2) is 24.4 Å². The molecule has 1 aromatic heterocycles. The number of benzene rings is 1. The molecule has 2 unspecified atom stereocenters. The van der Waals surface area contributed by atoms with Crippen LogP contribution in [0.2, 0.25) is 5.02 Å². The van der Waals surface area contributed by atoms with Gasteiger partial charge in [-0.15, -0.1) is 0 Å². The molecule has 0 spiro atoms. The smallest absolute Gasteiger partial charge is 0.185 e. The third-order valence-electron chi connectivity index (χ3n) is 3.92. The molecule has 1 aliphatic heterocycles. The van der Waals surface area contributed by atoms with Crippen LogP contribution in [0, 0.1) is 0 Å². The van der Waals surface area contributed by atoms with Crippen LogP contribution in [0.5, 0.6) is 0 Å². The molecular weight excluding hydrogens is 332 g/mol. The van der Waals surface area contributed by atoms with Crippen molar-refractivity contribution in [2.24, 2.45) is 0 Å². The minimum Gasteiger partial charge on any atom is -0.353 e. The van der Waals surface area contributed by atoms with E-state index < -0.39 is 12.1 Å². The number of hydrogen-bond acceptors (Lipinski definition) is 6. The summed E-state index contributed by atoms with van der Waals surface area (Å²) in [6, 6.07) is 5.45. The van der Waals surface area contributed by atoms with Crippen molar-refractivity contribution in [3.63, 3.8) is 0 Å². The first kappa shape index (κ1) is 17.5. The SMILES string of the molecule is COC(OC)C1OC(C)(C)OC1Cc1cnc2ccc(Cl)cc2n1. The molecule has 1 saturated heterocycles. The summed E-state index contributed by atoms with van der Waals surface area (Å²) >= 11 is 6.04. The van der Waals surface area contributed by atoms with Crippen molar-refractivity contribution in [1.29, 1.82) is 0 Å². The fourth-order valence-electron chi connectivity index (χ4n) is 2.94. The summed E-state index contributed by atoms with van der Waals surface area (Å²) in [5.74, 6) is -0.710. The van der Waals surface area contributed by atoms with Crippen molar-refractivity contribution in [2.75, 3.05) is 14.2 Å². The van der Waals surface area contributed by atoms with Crippen molar-refractivity contribution in [1.82, 2.24) is 9.97 Å². The van der Waals surface area contributed by atoms with Gasteiger partial charge < -0.3 is 18.9 Å². The van der Waals surface area contributed by atoms with Crippen LogP contribution in [-0.2, 0) is 25.4 Å². The Balaban J connectivity index is 1.85. The largest absolute Gasteiger partial charge is 0.353 e. The molecule has 0 amide bonds. The van der Waals surface area contributed by atoms with Crippen LogP contribution in [0.4, 0.5) is 0 Å². The first-order valence-electron chi connectivity index (χ1n) is 7.74. The summed E-state index contributed by atoms with van der Waals surface area (Å²) < 4.78 is 22.7. The van der Waals surface area contributed by atoms with Crippen molar-refractivity contribution in [3.05, 3.63) is 35.1 Å². The number of rotatable bonds is 5. The first-order valence-corrected chi connectivity index (χ1v) is 8.12. The number of ether oxygens (including phenoxy) is 4. The maximum absolute atomic E-state index is 6.04. The van der Waals surface area contributed by atoms with Gasteiger partial charge in [0.15, 0.2) is 12.1 Å². The molecule has 1 fully saturated rings. The second-order valence-electron chi connectivity index (χ2n) is 6.18. The summed E-state index contributed by atoms with van der Waals surface area (Å²) in [5.41, 5.74) is 2.35. The topological polar surface area (TPSA) is 62.7 Å². The lowest BCUT2D eigenvalue weighted by Gasteiger charge is -2.24. The molecule has 6 nitrogen and oxygen atoms in total. The van der Waals surface area contributed by atoms with Gasteiger partial charge in [0.25, 0.3) is 0 Å². The maximum Gasteiger partial charge on any atom is 0.185 e. The average molecular weight is 353 g/mol. The number of methoxy groups -OCH3 is 2. The van der Waals surface area contributed by atoms with Gasteiger partial charge in [-0.2, -0.15) is 0 Å². The van der Waals surface area contributed by atoms with Crippen LogP contribution >= 0.6 is 11.6 Å². The van der Waals surface area contributed by atoms with Crippen LogP contribution in [0.25, 0.3) is 11.0 Å². The van der Waals surface area contributed by atoms with Gasteiger partial charge in [-0.25, -0.2) is 4.98 Å². The lowest BCUT2D eigenvalue weighted by Crippen LogP contribution is -2.39. The van der Waals surface area contributed by atoms with E-state index in [1.165, 1.54) is 0 Å². The average Bonchev–Trinajstić information content (AvgIpc) is 2.83. The highest BCUT2D eigenvalue weighted by Crippen LogP contribution is 2.32. The second-order valence-corrected chi connectivity index (χ2v) is 6.61. The van der Waals surface area contributed by atoms with E-state index in [1.54, 1.807) is 32.5 Å². The van der Waals surface area contributed by atoms with E-state index in [9.17, 15) is 0 Å². The van der Waals surface area contributed by atoms with Crippen molar-refractivity contribution < 1.29 is 18.9 Å². The molecule has 2 heterocycles. The van der Waals surface area contributed by atoms with Crippen LogP contribution < -0.4 is 0 Å². The van der Waals surface area contributed by atoms with Crippen molar-refractivity contribution >= 4 is 22.6 Å². The molecule has 0 bridgehead atoms. The van der Waals surface area contributed by atoms with Crippen LogP contribution in [0.3, 0.4) is 0 Å². The molecule has 2 atom stereocenters. The summed E-state index contributed by atoms with van der Waals surface area (Å²) in [7, 11) is 3.16. The highest BCUT2D eigenvalue weighted by atomic mass is 35.5. The van der Waals surface area contributed by atoms with E-state index in [0.717, 1.165) is 16.7 Å². The number of hydrogen-bond donors (Lipinski definition) is 0. The molecule has 130 valence electrons. The summed E-state index contributed by atoms with van der Waals surface area (Å²) in [6.07, 6.45) is 1.16. The lowest BCUT2D eigenvalue weighted by molar-refractivity contribution is -0.201. The van der Waals surface area contributed by atoms with Gasteiger partial charge in [-0.3, -0.25) is 4.98 Å². The van der Waals surface area contributed by atoms with Crippen molar-refractivity contribution in [2.45, 2.75) is 44.6 Å². The summed E-state index contributed by atoms with van der Waals surface area (Å²) in [5, 5.41) is 0.632. The second kappa shape index (κ2) is 6.90. The molecule has 1 aromatic carbocycles. The van der Waals surface area contributed by atoms with Gasteiger partial charge in [0.05, 0.1) is 22.8 Å². The molecule has 1 aliphatic rings. The number of fused-ring (bicyclic) bond motifs is 1. The van der Waals surface area contributed by atoms with Gasteiger partial charge in [0.2, 0.25) is 0 Å². The third kappa shape index (κ3) is 3.68. The Labute approximate surface area is 146 Å². The van der Waals surface area contributed by atoms with Gasteiger partial charge in [-0.05, 0) is 32.0 Å². The van der Waals surface area contributed by atoms with Gasteiger partial charge in [-0.1, -0.05) is 11.6 Å². The Bertz CT molecular complexity index is 721. The van der Waals surface area contributed by atoms with Gasteiger partial charge >= 0.3 is 0 Å². The highest BCUT2D eigenvalue weighted by molar-refractivity contribution is 6.31. The first-order chi connectivity index (χ1) is 11.4. The fourth-order valence-corrected chi connectivity index (χ4v) is 3.11. The van der Waals surface area contributed by atoms with E-state index in [4.69, 9.17) is 30.5 Å². The van der Waals surface area contributed by atoms with Crippen LogP contribution in [0.1, 0.15) is 19.5 Å². The van der Waals surface area contributed by atoms with Gasteiger partial charge in [0, 0.05) is 31.9 Å². The van der Waals surface area contributed by atoms with E-state index in [0.29, 0.717) is 11.4 Å². The Kier molecular flexibility index (Phi) is 5.03. The quantitative estimate of drug-likeness (QED) is 0.771. The molecule has 3 rings (SSSR count). The molecule has 7 heteroatoms. The zero-order valence-electron chi connectivity index (χ0n) is 14.2. The molecule has 24 heavy (non-hydrogen) atoms. The molecule has 0 N–H and O–H groups in total. The van der Waals surface area contributed by atoms with Crippen LogP contribution in [-0.4, -0.2) is 48.5 Å². The Hall–Kier alpha value is -1.31. The standard InChI is InChI=1S/C17H21ClN2O4/c1-17(2)23-14(15(24-17)16(21-3)22-4)8-11-9-19-12-6-5-10(18)7-13(12)20-11/h5-7,9,14-16H,8H2,1-4H3. The lowest BCUT2D eigenvalue weighted by atomic mass is 10.1. The number of halogens is 1. The Morgan fingerprint density at radius 2 is 1.96 bits per heavy atom. The maximum atomic E-state index is 6.04. The number of aromatic nitrogens is 2. The molecular formula is C17H21ClN2O4. The summed E-state index contributed by atoms with van der Waals surface area (Å²) in [6.45, 7) is 3.74. The Morgan fingerprint density at radius 3 is 2.67 bits per heavy atom. The van der Waals surface area contributed by atoms with E-state index in [2.05, 4.69) is 9.97 Å².